The Morgan fingerprint density at radius 3 is 2.69 bits per heavy atom. The molecule has 1 N–H and O–H groups in total. The number of rotatable bonds is 5. The van der Waals surface area contributed by atoms with Gasteiger partial charge < -0.3 is 10.2 Å². The van der Waals surface area contributed by atoms with Gasteiger partial charge in [0, 0.05) is 30.3 Å². The van der Waals surface area contributed by atoms with Gasteiger partial charge in [-0.25, -0.2) is 0 Å². The van der Waals surface area contributed by atoms with Crippen molar-refractivity contribution in [1.82, 2.24) is 20.1 Å². The Hall–Kier alpha value is -2.19. The average Bonchev–Trinajstić information content (AvgIpc) is 3.40. The van der Waals surface area contributed by atoms with Gasteiger partial charge >= 0.3 is 0 Å². The lowest BCUT2D eigenvalue weighted by molar-refractivity contribution is 0.0944. The lowest BCUT2D eigenvalue weighted by Crippen LogP contribution is -2.25. The Bertz CT molecular complexity index is 916. The van der Waals surface area contributed by atoms with Gasteiger partial charge in [-0.2, -0.15) is 0 Å². The van der Waals surface area contributed by atoms with Crippen LogP contribution < -0.4 is 10.2 Å². The zero-order chi connectivity index (χ0) is 17.9. The Balaban J connectivity index is 1.49. The molecular formula is C18H18BrN5OS. The number of halogens is 1. The van der Waals surface area contributed by atoms with Crippen LogP contribution in [0.1, 0.15) is 28.9 Å². The van der Waals surface area contributed by atoms with E-state index >= 15 is 0 Å². The van der Waals surface area contributed by atoms with Crippen molar-refractivity contribution in [3.63, 3.8) is 0 Å². The van der Waals surface area contributed by atoms with Crippen LogP contribution in [0.3, 0.4) is 0 Å². The summed E-state index contributed by atoms with van der Waals surface area (Å²) in [5.41, 5.74) is 1.59. The lowest BCUT2D eigenvalue weighted by Gasteiger charge is -2.11. The van der Waals surface area contributed by atoms with Crippen LogP contribution >= 0.6 is 27.3 Å². The molecule has 6 nitrogen and oxygen atoms in total. The molecule has 3 aromatic rings. The van der Waals surface area contributed by atoms with E-state index in [1.807, 2.05) is 36.5 Å². The van der Waals surface area contributed by atoms with E-state index < -0.39 is 0 Å². The first-order valence-corrected chi connectivity index (χ1v) is 10.1. The van der Waals surface area contributed by atoms with E-state index in [0.717, 1.165) is 28.3 Å². The van der Waals surface area contributed by atoms with Gasteiger partial charge in [0.15, 0.2) is 0 Å². The summed E-state index contributed by atoms with van der Waals surface area (Å²) in [7, 11) is 0. The number of amides is 1. The van der Waals surface area contributed by atoms with Gasteiger partial charge in [0.1, 0.15) is 5.69 Å². The molecule has 8 heteroatoms. The summed E-state index contributed by atoms with van der Waals surface area (Å²) in [5, 5.41) is 13.2. The molecule has 0 spiro atoms. The van der Waals surface area contributed by atoms with Crippen molar-refractivity contribution in [2.45, 2.75) is 19.4 Å². The summed E-state index contributed by atoms with van der Waals surface area (Å²) < 4.78 is 2.78. The SMILES string of the molecule is O=C(NCc1ccccc1Br)c1cccn1-c1nnc(N2CCCC2)s1. The second kappa shape index (κ2) is 7.59. The van der Waals surface area contributed by atoms with Crippen LogP contribution in [0.2, 0.25) is 0 Å². The van der Waals surface area contributed by atoms with Crippen LogP contribution in [0, 0.1) is 0 Å². The second-order valence-corrected chi connectivity index (χ2v) is 7.89. The normalized spacial score (nSPS) is 14.0. The van der Waals surface area contributed by atoms with Crippen LogP contribution in [0.25, 0.3) is 5.13 Å². The van der Waals surface area contributed by atoms with Gasteiger partial charge in [-0.3, -0.25) is 9.36 Å². The van der Waals surface area contributed by atoms with Crippen LogP contribution in [0.15, 0.2) is 47.1 Å². The minimum Gasteiger partial charge on any atom is -0.347 e. The number of carbonyl (C=O) groups excluding carboxylic acids is 1. The Morgan fingerprint density at radius 2 is 1.88 bits per heavy atom. The quantitative estimate of drug-likeness (QED) is 0.669. The van der Waals surface area contributed by atoms with Crippen molar-refractivity contribution < 1.29 is 4.79 Å². The molecule has 1 saturated heterocycles. The summed E-state index contributed by atoms with van der Waals surface area (Å²) in [6.07, 6.45) is 4.24. The van der Waals surface area contributed by atoms with Gasteiger partial charge in [0.25, 0.3) is 5.91 Å². The number of aromatic nitrogens is 3. The van der Waals surface area contributed by atoms with Crippen LogP contribution in [0.4, 0.5) is 5.13 Å². The van der Waals surface area contributed by atoms with E-state index in [2.05, 4.69) is 36.3 Å². The summed E-state index contributed by atoms with van der Waals surface area (Å²) in [6.45, 7) is 2.51. The van der Waals surface area contributed by atoms with Crippen LogP contribution in [0.5, 0.6) is 0 Å². The van der Waals surface area contributed by atoms with Crippen LogP contribution in [-0.4, -0.2) is 33.8 Å². The molecule has 26 heavy (non-hydrogen) atoms. The lowest BCUT2D eigenvalue weighted by atomic mass is 10.2. The molecule has 0 unspecified atom stereocenters. The molecule has 2 aromatic heterocycles. The maximum absolute atomic E-state index is 12.6. The van der Waals surface area contributed by atoms with Gasteiger partial charge in [0.2, 0.25) is 10.3 Å². The first-order chi connectivity index (χ1) is 12.7. The van der Waals surface area contributed by atoms with Crippen molar-refractivity contribution >= 4 is 38.3 Å². The Kier molecular flexibility index (Phi) is 5.03. The standard InChI is InChI=1S/C18H18BrN5OS/c19-14-7-2-1-6-13(14)12-20-16(25)15-8-5-11-24(15)18-22-21-17(26-18)23-9-3-4-10-23/h1-2,5-8,11H,3-4,9-10,12H2,(H,20,25). The molecule has 3 heterocycles. The highest BCUT2D eigenvalue weighted by Crippen LogP contribution is 2.27. The number of nitrogens with zero attached hydrogens (tertiary/aromatic N) is 4. The molecule has 1 aliphatic heterocycles. The first kappa shape index (κ1) is 17.2. The van der Waals surface area contributed by atoms with Crippen molar-refractivity contribution in [1.29, 1.82) is 0 Å². The highest BCUT2D eigenvalue weighted by Gasteiger charge is 2.19. The topological polar surface area (TPSA) is 63.1 Å². The fourth-order valence-corrected chi connectivity index (χ4v) is 4.30. The number of anilines is 1. The predicted molar refractivity (Wildman–Crippen MR) is 106 cm³/mol. The van der Waals surface area contributed by atoms with E-state index in [1.165, 1.54) is 24.2 Å². The number of hydrogen-bond donors (Lipinski definition) is 1. The van der Waals surface area contributed by atoms with Gasteiger partial charge in [-0.05, 0) is 36.6 Å². The van der Waals surface area contributed by atoms with Crippen molar-refractivity contribution in [2.24, 2.45) is 0 Å². The van der Waals surface area contributed by atoms with Gasteiger partial charge in [-0.15, -0.1) is 10.2 Å². The molecule has 0 aliphatic carbocycles. The molecule has 0 bridgehead atoms. The predicted octanol–water partition coefficient (Wildman–Crippen LogP) is 3.62. The fraction of sp³-hybridized carbons (Fsp3) is 0.278. The van der Waals surface area contributed by atoms with Crippen molar-refractivity contribution in [3.05, 3.63) is 58.3 Å². The van der Waals surface area contributed by atoms with Crippen LogP contribution in [-0.2, 0) is 6.54 Å². The molecule has 1 aliphatic rings. The molecule has 0 radical (unpaired) electrons. The maximum Gasteiger partial charge on any atom is 0.268 e. The van der Waals surface area contributed by atoms with E-state index in [-0.39, 0.29) is 5.91 Å². The molecule has 0 saturated carbocycles. The molecule has 0 atom stereocenters. The highest BCUT2D eigenvalue weighted by atomic mass is 79.9. The van der Waals surface area contributed by atoms with E-state index in [9.17, 15) is 4.79 Å². The molecule has 1 fully saturated rings. The zero-order valence-corrected chi connectivity index (χ0v) is 16.5. The second-order valence-electron chi connectivity index (χ2n) is 6.10. The minimum absolute atomic E-state index is 0.135. The van der Waals surface area contributed by atoms with Crippen molar-refractivity contribution in [3.8, 4) is 5.13 Å². The average molecular weight is 432 g/mol. The molecule has 4 rings (SSSR count). The van der Waals surface area contributed by atoms with E-state index in [0.29, 0.717) is 17.4 Å². The highest BCUT2D eigenvalue weighted by molar-refractivity contribution is 9.10. The Morgan fingerprint density at radius 1 is 1.12 bits per heavy atom. The third-order valence-electron chi connectivity index (χ3n) is 4.36. The third kappa shape index (κ3) is 3.52. The molecule has 1 amide bonds. The van der Waals surface area contributed by atoms with E-state index in [1.54, 1.807) is 10.6 Å². The summed E-state index contributed by atoms with van der Waals surface area (Å²) >= 11 is 5.02. The van der Waals surface area contributed by atoms with E-state index in [4.69, 9.17) is 0 Å². The van der Waals surface area contributed by atoms with Crippen molar-refractivity contribution in [2.75, 3.05) is 18.0 Å². The molecular weight excluding hydrogens is 414 g/mol. The number of carbonyl (C=O) groups is 1. The smallest absolute Gasteiger partial charge is 0.268 e. The Labute approximate surface area is 164 Å². The monoisotopic (exact) mass is 431 g/mol. The minimum atomic E-state index is -0.135. The molecule has 134 valence electrons. The summed E-state index contributed by atoms with van der Waals surface area (Å²) in [4.78, 5) is 14.9. The molecule has 1 aromatic carbocycles. The largest absolute Gasteiger partial charge is 0.347 e. The van der Waals surface area contributed by atoms with Gasteiger partial charge in [0.05, 0.1) is 0 Å². The number of hydrogen-bond acceptors (Lipinski definition) is 5. The first-order valence-electron chi connectivity index (χ1n) is 8.50. The summed E-state index contributed by atoms with van der Waals surface area (Å²) in [5.74, 6) is -0.135. The number of benzene rings is 1. The fourth-order valence-electron chi connectivity index (χ4n) is 2.98. The third-order valence-corrected chi connectivity index (χ3v) is 6.12. The maximum atomic E-state index is 12.6. The zero-order valence-electron chi connectivity index (χ0n) is 14.1. The number of nitrogens with one attached hydrogen (secondary N) is 1. The van der Waals surface area contributed by atoms with Gasteiger partial charge in [-0.1, -0.05) is 45.5 Å². The summed E-state index contributed by atoms with van der Waals surface area (Å²) in [6, 6.07) is 11.5.